The highest BCUT2D eigenvalue weighted by Crippen LogP contribution is 2.39. The topological polar surface area (TPSA) is 79.5 Å². The lowest BCUT2D eigenvalue weighted by Gasteiger charge is -2.13. The fourth-order valence-electron chi connectivity index (χ4n) is 4.44. The van der Waals surface area contributed by atoms with Gasteiger partial charge in [-0.25, -0.2) is 9.59 Å². The third kappa shape index (κ3) is 6.12. The van der Waals surface area contributed by atoms with Gasteiger partial charge in [-0.05, 0) is 79.8 Å². The van der Waals surface area contributed by atoms with Gasteiger partial charge in [0.05, 0.1) is 12.2 Å². The first-order valence-electron chi connectivity index (χ1n) is 12.3. The van der Waals surface area contributed by atoms with Crippen LogP contribution in [0.25, 0.3) is 10.4 Å². The molecule has 3 N–H and O–H groups in total. The number of thiophene rings is 2. The predicted octanol–water partition coefficient (Wildman–Crippen LogP) is 6.01. The van der Waals surface area contributed by atoms with Crippen molar-refractivity contribution >= 4 is 39.7 Å². The third-order valence-corrected chi connectivity index (χ3v) is 8.47. The van der Waals surface area contributed by atoms with E-state index in [0.717, 1.165) is 61.9 Å². The van der Waals surface area contributed by atoms with Gasteiger partial charge in [-0.2, -0.15) is 0 Å². The van der Waals surface area contributed by atoms with Crippen molar-refractivity contribution in [3.8, 4) is 10.4 Å². The van der Waals surface area contributed by atoms with Crippen molar-refractivity contribution in [2.45, 2.75) is 52.5 Å². The minimum atomic E-state index is -0.350. The number of hydrogen-bond acceptors (Lipinski definition) is 6. The predicted molar refractivity (Wildman–Crippen MR) is 145 cm³/mol. The van der Waals surface area contributed by atoms with Gasteiger partial charge < -0.3 is 15.4 Å². The molecule has 0 bridgehead atoms. The minimum Gasteiger partial charge on any atom is -0.462 e. The minimum absolute atomic E-state index is 0.308. The van der Waals surface area contributed by atoms with E-state index in [9.17, 15) is 9.59 Å². The number of rotatable bonds is 10. The standard InChI is InChI=1S/C27H33N3O3S2/c1-3-28-15-14-19-17-34-24(18-10-6-5-7-11-18)21(19)16-29-27(32)30-25-23(26(31)33-4-2)20-12-8-9-13-22(20)35-25/h5-7,10-11,17,28H,3-4,8-9,12-16H2,1-2H3,(H2,29,30,32). The fraction of sp³-hybridized carbons (Fsp3) is 0.407. The number of urea groups is 1. The van der Waals surface area contributed by atoms with E-state index in [1.165, 1.54) is 26.7 Å². The molecule has 2 aromatic heterocycles. The Labute approximate surface area is 215 Å². The lowest BCUT2D eigenvalue weighted by Crippen LogP contribution is -2.29. The molecular weight excluding hydrogens is 478 g/mol. The van der Waals surface area contributed by atoms with Gasteiger partial charge in [-0.3, -0.25) is 5.32 Å². The van der Waals surface area contributed by atoms with Gasteiger partial charge in [0, 0.05) is 16.3 Å². The number of nitrogens with one attached hydrogen (secondary N) is 3. The molecule has 0 radical (unpaired) electrons. The van der Waals surface area contributed by atoms with Crippen molar-refractivity contribution in [2.75, 3.05) is 25.0 Å². The molecule has 4 rings (SSSR count). The van der Waals surface area contributed by atoms with Crippen LogP contribution in [0.4, 0.5) is 9.80 Å². The summed E-state index contributed by atoms with van der Waals surface area (Å²) >= 11 is 3.22. The van der Waals surface area contributed by atoms with E-state index in [1.807, 2.05) is 18.2 Å². The van der Waals surface area contributed by atoms with Gasteiger partial charge >= 0.3 is 12.0 Å². The van der Waals surface area contributed by atoms with Crippen LogP contribution in [0.3, 0.4) is 0 Å². The fourth-order valence-corrected chi connectivity index (χ4v) is 6.85. The summed E-state index contributed by atoms with van der Waals surface area (Å²) in [7, 11) is 0. The average Bonchev–Trinajstić information content (AvgIpc) is 3.44. The number of fused-ring (bicyclic) bond motifs is 1. The third-order valence-electron chi connectivity index (χ3n) is 6.14. The molecule has 2 heterocycles. The van der Waals surface area contributed by atoms with Crippen LogP contribution in [0, 0.1) is 0 Å². The monoisotopic (exact) mass is 511 g/mol. The molecule has 0 saturated heterocycles. The van der Waals surface area contributed by atoms with E-state index < -0.39 is 0 Å². The Balaban J connectivity index is 1.51. The zero-order valence-corrected chi connectivity index (χ0v) is 22.0. The molecule has 1 aliphatic rings. The molecule has 6 nitrogen and oxygen atoms in total. The van der Waals surface area contributed by atoms with Crippen LogP contribution in [0.2, 0.25) is 0 Å². The van der Waals surface area contributed by atoms with E-state index in [1.54, 1.807) is 18.3 Å². The molecule has 0 unspecified atom stereocenters. The highest BCUT2D eigenvalue weighted by Gasteiger charge is 2.27. The summed E-state index contributed by atoms with van der Waals surface area (Å²) in [6.45, 7) is 6.45. The molecule has 0 spiro atoms. The maximum absolute atomic E-state index is 13.0. The van der Waals surface area contributed by atoms with Gasteiger partial charge in [0.2, 0.25) is 0 Å². The second-order valence-electron chi connectivity index (χ2n) is 8.48. The van der Waals surface area contributed by atoms with Crippen LogP contribution < -0.4 is 16.0 Å². The van der Waals surface area contributed by atoms with Gasteiger partial charge in [-0.15, -0.1) is 22.7 Å². The Morgan fingerprint density at radius 2 is 1.89 bits per heavy atom. The average molecular weight is 512 g/mol. The summed E-state index contributed by atoms with van der Waals surface area (Å²) in [5, 5.41) is 12.2. The number of benzene rings is 1. The molecule has 1 aromatic carbocycles. The Morgan fingerprint density at radius 3 is 2.66 bits per heavy atom. The van der Waals surface area contributed by atoms with E-state index in [2.05, 4.69) is 40.4 Å². The molecule has 0 fully saturated rings. The highest BCUT2D eigenvalue weighted by molar-refractivity contribution is 7.17. The number of likely N-dealkylation sites (N-methyl/N-ethyl adjacent to an activating group) is 1. The van der Waals surface area contributed by atoms with Crippen LogP contribution in [0.15, 0.2) is 35.7 Å². The zero-order valence-electron chi connectivity index (χ0n) is 20.4. The second kappa shape index (κ2) is 12.3. The lowest BCUT2D eigenvalue weighted by atomic mass is 9.95. The smallest absolute Gasteiger partial charge is 0.341 e. The number of amides is 2. The van der Waals surface area contributed by atoms with Gasteiger partial charge in [0.1, 0.15) is 5.00 Å². The van der Waals surface area contributed by atoms with Crippen molar-refractivity contribution in [1.82, 2.24) is 10.6 Å². The van der Waals surface area contributed by atoms with Crippen LogP contribution in [-0.2, 0) is 30.5 Å². The molecule has 186 valence electrons. The number of aryl methyl sites for hydroxylation is 1. The molecule has 0 atom stereocenters. The molecule has 8 heteroatoms. The van der Waals surface area contributed by atoms with Crippen molar-refractivity contribution < 1.29 is 14.3 Å². The Bertz CT molecular complexity index is 1150. The maximum atomic E-state index is 13.0. The Hall–Kier alpha value is -2.68. The quantitative estimate of drug-likeness (QED) is 0.230. The number of hydrogen-bond donors (Lipinski definition) is 3. The first-order chi connectivity index (χ1) is 17.1. The summed E-state index contributed by atoms with van der Waals surface area (Å²) in [6, 6.07) is 9.98. The second-order valence-corrected chi connectivity index (χ2v) is 10.5. The number of carbonyl (C=O) groups is 2. The summed E-state index contributed by atoms with van der Waals surface area (Å²) < 4.78 is 5.31. The summed E-state index contributed by atoms with van der Waals surface area (Å²) in [4.78, 5) is 28.1. The van der Waals surface area contributed by atoms with Crippen molar-refractivity contribution in [3.63, 3.8) is 0 Å². The molecule has 3 aromatic rings. The van der Waals surface area contributed by atoms with Gasteiger partial charge in [0.15, 0.2) is 0 Å². The van der Waals surface area contributed by atoms with Crippen molar-refractivity contribution in [3.05, 3.63) is 62.8 Å². The van der Waals surface area contributed by atoms with E-state index in [4.69, 9.17) is 4.74 Å². The summed E-state index contributed by atoms with van der Waals surface area (Å²) in [6.07, 6.45) is 4.86. The largest absolute Gasteiger partial charge is 0.462 e. The number of ether oxygens (including phenoxy) is 1. The van der Waals surface area contributed by atoms with Gasteiger partial charge in [0.25, 0.3) is 0 Å². The van der Waals surface area contributed by atoms with E-state index >= 15 is 0 Å². The molecule has 35 heavy (non-hydrogen) atoms. The Morgan fingerprint density at radius 1 is 1.09 bits per heavy atom. The molecule has 0 saturated carbocycles. The molecule has 1 aliphatic carbocycles. The molecule has 0 aliphatic heterocycles. The maximum Gasteiger partial charge on any atom is 0.341 e. The Kier molecular flexibility index (Phi) is 8.95. The zero-order chi connectivity index (χ0) is 24.6. The van der Waals surface area contributed by atoms with Crippen LogP contribution >= 0.6 is 22.7 Å². The highest BCUT2D eigenvalue weighted by atomic mass is 32.1. The van der Waals surface area contributed by atoms with Crippen molar-refractivity contribution in [1.29, 1.82) is 0 Å². The van der Waals surface area contributed by atoms with Gasteiger partial charge in [-0.1, -0.05) is 37.3 Å². The molecular formula is C27H33N3O3S2. The lowest BCUT2D eigenvalue weighted by molar-refractivity contribution is 0.0526. The summed E-state index contributed by atoms with van der Waals surface area (Å²) in [5.41, 5.74) is 5.12. The van der Waals surface area contributed by atoms with E-state index in [-0.39, 0.29) is 12.0 Å². The normalized spacial score (nSPS) is 12.7. The molecule has 2 amide bonds. The number of esters is 1. The van der Waals surface area contributed by atoms with Crippen LogP contribution in [0.5, 0.6) is 0 Å². The first kappa shape index (κ1) is 25.4. The first-order valence-corrected chi connectivity index (χ1v) is 14.0. The number of carbonyl (C=O) groups excluding carboxylic acids is 2. The van der Waals surface area contributed by atoms with E-state index in [0.29, 0.717) is 23.7 Å². The SMILES string of the molecule is CCNCCc1csc(-c2ccccc2)c1CNC(=O)Nc1sc2c(c1C(=O)OCC)CCCC2. The van der Waals surface area contributed by atoms with Crippen LogP contribution in [0.1, 0.15) is 58.6 Å². The number of anilines is 1. The van der Waals surface area contributed by atoms with Crippen LogP contribution in [-0.4, -0.2) is 31.7 Å². The van der Waals surface area contributed by atoms with Crippen molar-refractivity contribution in [2.24, 2.45) is 0 Å². The summed E-state index contributed by atoms with van der Waals surface area (Å²) in [5.74, 6) is -0.350.